The van der Waals surface area contributed by atoms with E-state index in [1.807, 2.05) is 24.8 Å². The zero-order chi connectivity index (χ0) is 12.0. The first-order valence-corrected chi connectivity index (χ1v) is 7.15. The maximum absolute atomic E-state index is 14.0. The molecule has 2 unspecified atom stereocenters. The summed E-state index contributed by atoms with van der Waals surface area (Å²) < 4.78 is 14.0. The molecule has 0 aliphatic carbocycles. The Morgan fingerprint density at radius 3 is 2.53 bits per heavy atom. The smallest absolute Gasteiger partial charge is 0.129 e. The average molecular weight is 252 g/mol. The Kier molecular flexibility index (Phi) is 2.71. The van der Waals surface area contributed by atoms with Gasteiger partial charge in [0.05, 0.1) is 5.60 Å². The molecule has 2 bridgehead atoms. The number of benzene rings is 1. The fourth-order valence-corrected chi connectivity index (χ4v) is 4.97. The molecule has 1 nitrogen and oxygen atoms in total. The third-order valence-corrected chi connectivity index (χ3v) is 5.53. The lowest BCUT2D eigenvalue weighted by Gasteiger charge is -2.36. The molecule has 2 heterocycles. The van der Waals surface area contributed by atoms with Crippen molar-refractivity contribution < 1.29 is 9.50 Å². The van der Waals surface area contributed by atoms with Crippen molar-refractivity contribution in [2.75, 3.05) is 0 Å². The first kappa shape index (κ1) is 11.5. The van der Waals surface area contributed by atoms with Gasteiger partial charge in [-0.3, -0.25) is 0 Å². The first-order valence-electron chi connectivity index (χ1n) is 6.21. The highest BCUT2D eigenvalue weighted by atomic mass is 32.2. The van der Waals surface area contributed by atoms with Crippen LogP contribution in [0.4, 0.5) is 4.39 Å². The third-order valence-electron chi connectivity index (χ3n) is 3.95. The second-order valence-corrected chi connectivity index (χ2v) is 6.99. The lowest BCUT2D eigenvalue weighted by molar-refractivity contribution is 0.0162. The van der Waals surface area contributed by atoms with Gasteiger partial charge in [0.25, 0.3) is 0 Å². The van der Waals surface area contributed by atoms with Crippen molar-refractivity contribution in [1.29, 1.82) is 0 Å². The van der Waals surface area contributed by atoms with Crippen LogP contribution >= 0.6 is 11.8 Å². The molecule has 3 rings (SSSR count). The van der Waals surface area contributed by atoms with Crippen LogP contribution in [-0.2, 0) is 5.60 Å². The van der Waals surface area contributed by atoms with Crippen LogP contribution in [0.2, 0.25) is 0 Å². The Bertz CT molecular complexity index is 434. The minimum absolute atomic E-state index is 0.251. The second-order valence-electron chi connectivity index (χ2n) is 5.38. The number of hydrogen-bond donors (Lipinski definition) is 1. The molecule has 0 aromatic heterocycles. The summed E-state index contributed by atoms with van der Waals surface area (Å²) in [5.74, 6) is -0.251. The molecule has 2 aliphatic heterocycles. The second kappa shape index (κ2) is 3.99. The van der Waals surface area contributed by atoms with Gasteiger partial charge in [0.1, 0.15) is 5.82 Å². The predicted molar refractivity (Wildman–Crippen MR) is 68.7 cm³/mol. The van der Waals surface area contributed by atoms with E-state index in [9.17, 15) is 9.50 Å². The summed E-state index contributed by atoms with van der Waals surface area (Å²) >= 11 is 1.98. The van der Waals surface area contributed by atoms with Crippen molar-refractivity contribution in [3.05, 3.63) is 35.1 Å². The molecule has 1 aromatic carbocycles. The van der Waals surface area contributed by atoms with E-state index in [1.165, 1.54) is 18.9 Å². The van der Waals surface area contributed by atoms with Crippen molar-refractivity contribution in [2.45, 2.75) is 48.7 Å². The third kappa shape index (κ3) is 2.00. The van der Waals surface area contributed by atoms with Crippen molar-refractivity contribution in [2.24, 2.45) is 0 Å². The highest BCUT2D eigenvalue weighted by Crippen LogP contribution is 2.51. The molecule has 2 fully saturated rings. The van der Waals surface area contributed by atoms with Gasteiger partial charge < -0.3 is 5.11 Å². The maximum atomic E-state index is 14.0. The van der Waals surface area contributed by atoms with Gasteiger partial charge in [0.15, 0.2) is 0 Å². The average Bonchev–Trinajstić information content (AvgIpc) is 2.58. The van der Waals surface area contributed by atoms with Gasteiger partial charge in [-0.15, -0.1) is 0 Å². The van der Waals surface area contributed by atoms with Crippen molar-refractivity contribution >= 4 is 11.8 Å². The fourth-order valence-electron chi connectivity index (χ4n) is 3.13. The molecule has 17 heavy (non-hydrogen) atoms. The number of thioether (sulfide) groups is 1. The van der Waals surface area contributed by atoms with Gasteiger partial charge in [-0.2, -0.15) is 11.8 Å². The van der Waals surface area contributed by atoms with E-state index in [0.717, 1.165) is 5.56 Å². The Hall–Kier alpha value is -0.540. The van der Waals surface area contributed by atoms with Gasteiger partial charge in [-0.1, -0.05) is 12.1 Å². The van der Waals surface area contributed by atoms with Crippen LogP contribution in [0, 0.1) is 12.7 Å². The Balaban J connectivity index is 1.97. The molecular weight excluding hydrogens is 235 g/mol. The highest BCUT2D eigenvalue weighted by Gasteiger charge is 2.45. The lowest BCUT2D eigenvalue weighted by atomic mass is 9.85. The number of fused-ring (bicyclic) bond motifs is 2. The van der Waals surface area contributed by atoms with E-state index in [4.69, 9.17) is 0 Å². The van der Waals surface area contributed by atoms with Gasteiger partial charge >= 0.3 is 0 Å². The lowest BCUT2D eigenvalue weighted by Crippen LogP contribution is -2.35. The molecule has 0 saturated carbocycles. The molecule has 92 valence electrons. The quantitative estimate of drug-likeness (QED) is 0.827. The van der Waals surface area contributed by atoms with Crippen molar-refractivity contribution in [3.63, 3.8) is 0 Å². The van der Waals surface area contributed by atoms with E-state index in [0.29, 0.717) is 28.9 Å². The minimum Gasteiger partial charge on any atom is -0.385 e. The van der Waals surface area contributed by atoms with Gasteiger partial charge in [-0.25, -0.2) is 4.39 Å². The molecule has 1 N–H and O–H groups in total. The molecule has 3 heteroatoms. The van der Waals surface area contributed by atoms with Gasteiger partial charge in [0, 0.05) is 16.1 Å². The van der Waals surface area contributed by atoms with Crippen LogP contribution in [0.3, 0.4) is 0 Å². The zero-order valence-corrected chi connectivity index (χ0v) is 10.8. The number of rotatable bonds is 1. The molecule has 0 spiro atoms. The van der Waals surface area contributed by atoms with Gasteiger partial charge in [-0.05, 0) is 44.2 Å². The van der Waals surface area contributed by atoms with E-state index in [1.54, 1.807) is 6.07 Å². The molecule has 0 amide bonds. The van der Waals surface area contributed by atoms with E-state index in [-0.39, 0.29) is 5.82 Å². The molecule has 2 aliphatic rings. The van der Waals surface area contributed by atoms with Crippen LogP contribution in [0.5, 0.6) is 0 Å². The summed E-state index contributed by atoms with van der Waals surface area (Å²) in [7, 11) is 0. The SMILES string of the molecule is Cc1ccc(C2(O)CC3CCC(C2)S3)c(F)c1. The first-order chi connectivity index (χ1) is 8.07. The largest absolute Gasteiger partial charge is 0.385 e. The standard InChI is InChI=1S/C14H17FOS/c1-9-2-5-12(13(15)6-9)14(16)7-10-3-4-11(8-14)17-10/h2,5-6,10-11,16H,3-4,7-8H2,1H3. The Morgan fingerprint density at radius 2 is 1.94 bits per heavy atom. The summed E-state index contributed by atoms with van der Waals surface area (Å²) in [6.45, 7) is 1.87. The van der Waals surface area contributed by atoms with Crippen LogP contribution in [-0.4, -0.2) is 15.6 Å². The summed E-state index contributed by atoms with van der Waals surface area (Å²) in [5.41, 5.74) is 0.470. The Labute approximate surface area is 105 Å². The van der Waals surface area contributed by atoms with Crippen LogP contribution in [0.1, 0.15) is 36.8 Å². The molecule has 2 atom stereocenters. The summed E-state index contributed by atoms with van der Waals surface area (Å²) in [6.07, 6.45) is 3.75. The van der Waals surface area contributed by atoms with Crippen LogP contribution < -0.4 is 0 Å². The monoisotopic (exact) mass is 252 g/mol. The number of aliphatic hydroxyl groups is 1. The van der Waals surface area contributed by atoms with E-state index in [2.05, 4.69) is 0 Å². The normalized spacial score (nSPS) is 36.2. The maximum Gasteiger partial charge on any atom is 0.129 e. The van der Waals surface area contributed by atoms with Crippen LogP contribution in [0.25, 0.3) is 0 Å². The molecular formula is C14H17FOS. The molecule has 1 aromatic rings. The number of halogens is 1. The highest BCUT2D eigenvalue weighted by molar-refractivity contribution is 8.00. The summed E-state index contributed by atoms with van der Waals surface area (Å²) in [5, 5.41) is 11.8. The topological polar surface area (TPSA) is 20.2 Å². The van der Waals surface area contributed by atoms with E-state index < -0.39 is 5.60 Å². The minimum atomic E-state index is -0.936. The molecule has 0 radical (unpaired) electrons. The van der Waals surface area contributed by atoms with E-state index >= 15 is 0 Å². The zero-order valence-electron chi connectivity index (χ0n) is 9.95. The number of aryl methyl sites for hydroxylation is 1. The van der Waals surface area contributed by atoms with Crippen molar-refractivity contribution in [1.82, 2.24) is 0 Å². The fraction of sp³-hybridized carbons (Fsp3) is 0.571. The predicted octanol–water partition coefficient (Wildman–Crippen LogP) is 3.38. The van der Waals surface area contributed by atoms with Crippen molar-refractivity contribution in [3.8, 4) is 0 Å². The summed E-state index contributed by atoms with van der Waals surface area (Å²) in [6, 6.07) is 5.18. The Morgan fingerprint density at radius 1 is 1.29 bits per heavy atom. The number of hydrogen-bond acceptors (Lipinski definition) is 2. The molecule has 2 saturated heterocycles. The van der Waals surface area contributed by atoms with Crippen LogP contribution in [0.15, 0.2) is 18.2 Å². The summed E-state index contributed by atoms with van der Waals surface area (Å²) in [4.78, 5) is 0. The van der Waals surface area contributed by atoms with Gasteiger partial charge in [0.2, 0.25) is 0 Å².